The van der Waals surface area contributed by atoms with E-state index in [1.165, 1.54) is 12.3 Å². The van der Waals surface area contributed by atoms with Crippen molar-refractivity contribution < 1.29 is 18.3 Å². The number of aromatic carboxylic acids is 1. The van der Waals surface area contributed by atoms with Gasteiger partial charge in [-0.15, -0.1) is 0 Å². The van der Waals surface area contributed by atoms with Crippen LogP contribution in [0.3, 0.4) is 0 Å². The van der Waals surface area contributed by atoms with Crippen LogP contribution < -0.4 is 0 Å². The average molecular weight is 247 g/mol. The van der Waals surface area contributed by atoms with Crippen molar-refractivity contribution >= 4 is 27.3 Å². The highest BCUT2D eigenvalue weighted by Crippen LogP contribution is 2.53. The molecular weight excluding hydrogens is 238 g/mol. The predicted molar refractivity (Wildman–Crippen MR) is 54.8 cm³/mol. The lowest BCUT2D eigenvalue weighted by atomic mass is 10.3. The highest BCUT2D eigenvalue weighted by atomic mass is 32.2. The summed E-state index contributed by atoms with van der Waals surface area (Å²) >= 11 is 0.964. The summed E-state index contributed by atoms with van der Waals surface area (Å²) in [5.74, 6) is -1.12. The number of nitrogens with zero attached hydrogens (tertiary/aromatic N) is 1. The SMILES string of the molecule is CS(=O)(=O)C1(c2cc(C(=O)O)ns2)CC1. The minimum Gasteiger partial charge on any atom is -0.476 e. The molecule has 1 aromatic rings. The molecule has 0 amide bonds. The molecule has 82 valence electrons. The summed E-state index contributed by atoms with van der Waals surface area (Å²) in [5.41, 5.74) is -0.0788. The number of carboxylic acids is 1. The van der Waals surface area contributed by atoms with Gasteiger partial charge in [0.25, 0.3) is 0 Å². The summed E-state index contributed by atoms with van der Waals surface area (Å²) in [7, 11) is -3.18. The van der Waals surface area contributed by atoms with E-state index in [1.54, 1.807) is 0 Å². The normalized spacial score (nSPS) is 18.7. The third kappa shape index (κ3) is 1.55. The van der Waals surface area contributed by atoms with Crippen molar-refractivity contribution in [3.63, 3.8) is 0 Å². The second-order valence-corrected chi connectivity index (χ2v) is 6.78. The zero-order valence-corrected chi connectivity index (χ0v) is 9.56. The van der Waals surface area contributed by atoms with Gasteiger partial charge in [-0.25, -0.2) is 13.2 Å². The number of sulfone groups is 1. The van der Waals surface area contributed by atoms with Gasteiger partial charge in [0.15, 0.2) is 15.5 Å². The molecule has 0 bridgehead atoms. The van der Waals surface area contributed by atoms with Crippen molar-refractivity contribution in [3.05, 3.63) is 16.6 Å². The van der Waals surface area contributed by atoms with Gasteiger partial charge < -0.3 is 5.11 Å². The van der Waals surface area contributed by atoms with Crippen LogP contribution in [0.1, 0.15) is 28.2 Å². The van der Waals surface area contributed by atoms with E-state index in [4.69, 9.17) is 5.11 Å². The smallest absolute Gasteiger partial charge is 0.355 e. The Morgan fingerprint density at radius 2 is 2.20 bits per heavy atom. The first kappa shape index (κ1) is 10.6. The molecular formula is C8H9NO4S2. The Hall–Kier alpha value is -0.950. The van der Waals surface area contributed by atoms with E-state index in [9.17, 15) is 13.2 Å². The number of carbonyl (C=O) groups is 1. The fourth-order valence-corrected chi connectivity index (χ4v) is 4.20. The van der Waals surface area contributed by atoms with Crippen molar-refractivity contribution in [2.24, 2.45) is 0 Å². The van der Waals surface area contributed by atoms with Gasteiger partial charge in [-0.3, -0.25) is 0 Å². The lowest BCUT2D eigenvalue weighted by molar-refractivity contribution is 0.0692. The Bertz CT molecular complexity index is 512. The van der Waals surface area contributed by atoms with Crippen LogP contribution in [0.25, 0.3) is 0 Å². The third-order valence-corrected chi connectivity index (χ3v) is 5.76. The fraction of sp³-hybridized carbons (Fsp3) is 0.500. The molecule has 5 nitrogen and oxygen atoms in total. The van der Waals surface area contributed by atoms with Gasteiger partial charge >= 0.3 is 5.97 Å². The monoisotopic (exact) mass is 247 g/mol. The first-order valence-electron chi connectivity index (χ1n) is 4.27. The van der Waals surface area contributed by atoms with E-state index in [0.29, 0.717) is 17.7 Å². The highest BCUT2D eigenvalue weighted by Gasteiger charge is 2.55. The van der Waals surface area contributed by atoms with Gasteiger partial charge in [0.1, 0.15) is 4.75 Å². The summed E-state index contributed by atoms with van der Waals surface area (Å²) in [5, 5.41) is 8.68. The Balaban J connectivity index is 2.43. The first-order chi connectivity index (χ1) is 6.87. The third-order valence-electron chi connectivity index (χ3n) is 2.59. The van der Waals surface area contributed by atoms with Crippen LogP contribution in [0, 0.1) is 0 Å². The van der Waals surface area contributed by atoms with Crippen molar-refractivity contribution in [2.45, 2.75) is 17.6 Å². The molecule has 1 aliphatic carbocycles. The molecule has 1 N–H and O–H groups in total. The molecule has 0 saturated heterocycles. The van der Waals surface area contributed by atoms with Gasteiger partial charge in [0.2, 0.25) is 0 Å². The number of hydrogen-bond donors (Lipinski definition) is 1. The summed E-state index contributed by atoms with van der Waals surface area (Å²) in [4.78, 5) is 11.1. The Labute approximate surface area is 90.8 Å². The Morgan fingerprint density at radius 3 is 2.53 bits per heavy atom. The topological polar surface area (TPSA) is 84.3 Å². The van der Waals surface area contributed by atoms with Crippen LogP contribution >= 0.6 is 11.5 Å². The van der Waals surface area contributed by atoms with E-state index >= 15 is 0 Å². The maximum Gasteiger partial charge on any atom is 0.355 e. The fourth-order valence-electron chi connectivity index (χ4n) is 1.50. The quantitative estimate of drug-likeness (QED) is 0.856. The zero-order valence-electron chi connectivity index (χ0n) is 7.93. The number of carboxylic acid groups (broad SMARTS) is 1. The van der Waals surface area contributed by atoms with Gasteiger partial charge in [-0.1, -0.05) is 0 Å². The Morgan fingerprint density at radius 1 is 1.60 bits per heavy atom. The maximum absolute atomic E-state index is 11.5. The summed E-state index contributed by atoms with van der Waals surface area (Å²) in [6.45, 7) is 0. The lowest BCUT2D eigenvalue weighted by Gasteiger charge is -2.08. The van der Waals surface area contributed by atoms with E-state index in [2.05, 4.69) is 4.37 Å². The van der Waals surface area contributed by atoms with Crippen molar-refractivity contribution in [1.29, 1.82) is 0 Å². The summed E-state index contributed by atoms with van der Waals surface area (Å²) in [6.07, 6.45) is 2.31. The van der Waals surface area contributed by atoms with Crippen LogP contribution in [0.4, 0.5) is 0 Å². The molecule has 7 heteroatoms. The molecule has 0 atom stereocenters. The zero-order chi connectivity index (χ0) is 11.3. The van der Waals surface area contributed by atoms with Gasteiger partial charge in [-0.05, 0) is 30.4 Å². The molecule has 1 heterocycles. The first-order valence-corrected chi connectivity index (χ1v) is 6.93. The molecule has 0 spiro atoms. The molecule has 15 heavy (non-hydrogen) atoms. The summed E-state index contributed by atoms with van der Waals surface area (Å²) < 4.78 is 25.9. The molecule has 0 aliphatic heterocycles. The van der Waals surface area contributed by atoms with E-state index < -0.39 is 20.6 Å². The largest absolute Gasteiger partial charge is 0.476 e. The van der Waals surface area contributed by atoms with Crippen molar-refractivity contribution in [1.82, 2.24) is 4.37 Å². The van der Waals surface area contributed by atoms with E-state index in [-0.39, 0.29) is 5.69 Å². The maximum atomic E-state index is 11.5. The van der Waals surface area contributed by atoms with E-state index in [0.717, 1.165) is 11.5 Å². The molecule has 0 aromatic carbocycles. The van der Waals surface area contributed by atoms with Crippen LogP contribution in [-0.2, 0) is 14.6 Å². The van der Waals surface area contributed by atoms with Gasteiger partial charge in [-0.2, -0.15) is 4.37 Å². The van der Waals surface area contributed by atoms with Crippen LogP contribution in [0.2, 0.25) is 0 Å². The predicted octanol–water partition coefficient (Wildman–Crippen LogP) is 0.875. The molecule has 0 unspecified atom stereocenters. The van der Waals surface area contributed by atoms with E-state index in [1.807, 2.05) is 0 Å². The molecule has 1 aromatic heterocycles. The minimum atomic E-state index is -3.18. The second-order valence-electron chi connectivity index (χ2n) is 3.65. The standard InChI is InChI=1S/C8H9NO4S2/c1-15(12,13)8(2-3-8)6-4-5(7(10)11)9-14-6/h4H,2-3H2,1H3,(H,10,11). The Kier molecular flexibility index (Phi) is 2.13. The minimum absolute atomic E-state index is 0.0788. The average Bonchev–Trinajstić information content (AvgIpc) is 2.77. The molecule has 0 radical (unpaired) electrons. The van der Waals surface area contributed by atoms with Crippen LogP contribution in [0.5, 0.6) is 0 Å². The molecule has 1 saturated carbocycles. The van der Waals surface area contributed by atoms with Crippen molar-refractivity contribution in [3.8, 4) is 0 Å². The number of aromatic nitrogens is 1. The van der Waals surface area contributed by atoms with Gasteiger partial charge in [0.05, 0.1) is 0 Å². The highest BCUT2D eigenvalue weighted by molar-refractivity contribution is 7.92. The number of hydrogen-bond acceptors (Lipinski definition) is 5. The van der Waals surface area contributed by atoms with Crippen LogP contribution in [-0.4, -0.2) is 30.1 Å². The number of rotatable bonds is 3. The lowest BCUT2D eigenvalue weighted by Crippen LogP contribution is -2.17. The molecule has 1 fully saturated rings. The van der Waals surface area contributed by atoms with Crippen LogP contribution in [0.15, 0.2) is 6.07 Å². The summed E-state index contributed by atoms with van der Waals surface area (Å²) in [6, 6.07) is 1.36. The molecule has 2 rings (SSSR count). The van der Waals surface area contributed by atoms with Crippen molar-refractivity contribution in [2.75, 3.05) is 6.26 Å². The second kappa shape index (κ2) is 3.02. The molecule has 1 aliphatic rings. The van der Waals surface area contributed by atoms with Gasteiger partial charge in [0, 0.05) is 11.1 Å².